The average molecular weight is 201 g/mol. The highest BCUT2D eigenvalue weighted by atomic mass is 16.2. The quantitative estimate of drug-likeness (QED) is 0.553. The molecule has 5 heteroatoms. The zero-order valence-corrected chi connectivity index (χ0v) is 9.18. The molecule has 4 N–H and O–H groups in total. The fourth-order valence-corrected chi connectivity index (χ4v) is 1.35. The molecule has 0 rings (SSSR count). The maximum atomic E-state index is 11.2. The Labute approximate surface area is 84.4 Å². The fraction of sp³-hybridized carbons (Fsp3) is 0.778. The maximum absolute atomic E-state index is 11.2. The van der Waals surface area contributed by atoms with Gasteiger partial charge in [-0.1, -0.05) is 0 Å². The summed E-state index contributed by atoms with van der Waals surface area (Å²) >= 11 is 0. The Kier molecular flexibility index (Phi) is 4.56. The maximum Gasteiger partial charge on any atom is 0.236 e. The predicted molar refractivity (Wildman–Crippen MR) is 54.6 cm³/mol. The van der Waals surface area contributed by atoms with Crippen molar-refractivity contribution in [2.75, 3.05) is 7.05 Å². The van der Waals surface area contributed by atoms with Gasteiger partial charge in [0.15, 0.2) is 0 Å². The fourth-order valence-electron chi connectivity index (χ4n) is 1.35. The monoisotopic (exact) mass is 201 g/mol. The van der Waals surface area contributed by atoms with E-state index in [4.69, 9.17) is 5.73 Å². The Hall–Kier alpha value is -1.10. The number of carbonyl (C=O) groups excluding carboxylic acids is 2. The highest BCUT2D eigenvalue weighted by molar-refractivity contribution is 5.81. The molecule has 0 aliphatic heterocycles. The average Bonchev–Trinajstić information content (AvgIpc) is 1.99. The Balaban J connectivity index is 4.20. The van der Waals surface area contributed by atoms with Crippen LogP contribution in [0.15, 0.2) is 0 Å². The number of rotatable bonds is 5. The summed E-state index contributed by atoms with van der Waals surface area (Å²) < 4.78 is 0. The van der Waals surface area contributed by atoms with Crippen LogP contribution in [0, 0.1) is 0 Å². The summed E-state index contributed by atoms with van der Waals surface area (Å²) in [5, 5.41) is 5.55. The van der Waals surface area contributed by atoms with Crippen LogP contribution < -0.4 is 16.4 Å². The zero-order valence-electron chi connectivity index (χ0n) is 9.18. The second kappa shape index (κ2) is 4.95. The van der Waals surface area contributed by atoms with Crippen LogP contribution in [-0.2, 0) is 9.59 Å². The summed E-state index contributed by atoms with van der Waals surface area (Å²) in [7, 11) is 1.57. The van der Waals surface area contributed by atoms with Gasteiger partial charge in [-0.15, -0.1) is 0 Å². The molecule has 0 spiro atoms. The first-order valence-electron chi connectivity index (χ1n) is 4.56. The van der Waals surface area contributed by atoms with E-state index in [1.165, 1.54) is 0 Å². The van der Waals surface area contributed by atoms with Crippen molar-refractivity contribution in [3.05, 3.63) is 0 Å². The van der Waals surface area contributed by atoms with E-state index >= 15 is 0 Å². The van der Waals surface area contributed by atoms with E-state index in [-0.39, 0.29) is 24.3 Å². The highest BCUT2D eigenvalue weighted by Crippen LogP contribution is 2.08. The van der Waals surface area contributed by atoms with Crippen molar-refractivity contribution < 1.29 is 9.59 Å². The number of hydrogen-bond acceptors (Lipinski definition) is 3. The molecule has 14 heavy (non-hydrogen) atoms. The number of likely N-dealkylation sites (N-methyl/N-ethyl adjacent to an activating group) is 1. The molecule has 0 saturated heterocycles. The molecule has 1 atom stereocenters. The first-order chi connectivity index (χ1) is 6.28. The third-order valence-electron chi connectivity index (χ3n) is 1.86. The number of hydrogen-bond donors (Lipinski definition) is 3. The lowest BCUT2D eigenvalue weighted by Gasteiger charge is -2.28. The van der Waals surface area contributed by atoms with Crippen molar-refractivity contribution in [1.29, 1.82) is 0 Å². The Morgan fingerprint density at radius 2 is 1.93 bits per heavy atom. The molecule has 82 valence electrons. The van der Waals surface area contributed by atoms with Crippen LogP contribution in [-0.4, -0.2) is 30.4 Å². The van der Waals surface area contributed by atoms with Gasteiger partial charge in [-0.25, -0.2) is 0 Å². The van der Waals surface area contributed by atoms with Gasteiger partial charge in [0.25, 0.3) is 0 Å². The molecular formula is C9H19N3O2. The van der Waals surface area contributed by atoms with Crippen molar-refractivity contribution in [3.8, 4) is 0 Å². The first kappa shape index (κ1) is 12.9. The summed E-state index contributed by atoms with van der Waals surface area (Å²) in [6.07, 6.45) is 0.203. The van der Waals surface area contributed by atoms with Crippen LogP contribution in [0.2, 0.25) is 0 Å². The normalized spacial score (nSPS) is 13.4. The number of primary amides is 1. The summed E-state index contributed by atoms with van der Waals surface area (Å²) in [6, 6.07) is -0.339. The minimum Gasteiger partial charge on any atom is -0.370 e. The van der Waals surface area contributed by atoms with Crippen molar-refractivity contribution in [2.45, 2.75) is 38.8 Å². The van der Waals surface area contributed by atoms with E-state index in [9.17, 15) is 9.59 Å². The van der Waals surface area contributed by atoms with Gasteiger partial charge in [0.1, 0.15) is 0 Å². The second-order valence-corrected chi connectivity index (χ2v) is 4.01. The molecule has 0 fully saturated rings. The van der Waals surface area contributed by atoms with Gasteiger partial charge < -0.3 is 16.4 Å². The SMILES string of the molecule is CNC(=O)C(C)NC(C)(C)CC(N)=O. The molecular weight excluding hydrogens is 182 g/mol. The van der Waals surface area contributed by atoms with Crippen molar-refractivity contribution >= 4 is 11.8 Å². The largest absolute Gasteiger partial charge is 0.370 e. The minimum atomic E-state index is -0.461. The summed E-state index contributed by atoms with van der Waals surface area (Å²) in [5.74, 6) is -0.492. The van der Waals surface area contributed by atoms with Crippen LogP contribution in [0.25, 0.3) is 0 Å². The first-order valence-corrected chi connectivity index (χ1v) is 4.56. The molecule has 0 bridgehead atoms. The van der Waals surface area contributed by atoms with Crippen LogP contribution >= 0.6 is 0 Å². The van der Waals surface area contributed by atoms with Gasteiger partial charge in [0.2, 0.25) is 11.8 Å². The van der Waals surface area contributed by atoms with Gasteiger partial charge >= 0.3 is 0 Å². The highest BCUT2D eigenvalue weighted by Gasteiger charge is 2.24. The molecule has 1 unspecified atom stereocenters. The molecule has 0 radical (unpaired) electrons. The van der Waals surface area contributed by atoms with Gasteiger partial charge in [-0.3, -0.25) is 9.59 Å². The summed E-state index contributed by atoms with van der Waals surface area (Å²) in [5.41, 5.74) is 4.62. The molecule has 2 amide bonds. The molecule has 0 saturated carbocycles. The van der Waals surface area contributed by atoms with Crippen molar-refractivity contribution in [1.82, 2.24) is 10.6 Å². The Morgan fingerprint density at radius 3 is 2.29 bits per heavy atom. The third kappa shape index (κ3) is 4.81. The topological polar surface area (TPSA) is 84.2 Å². The predicted octanol–water partition coefficient (Wildman–Crippen LogP) is -0.635. The number of amides is 2. The molecule has 0 aliphatic carbocycles. The second-order valence-electron chi connectivity index (χ2n) is 4.01. The van der Waals surface area contributed by atoms with E-state index in [1.54, 1.807) is 14.0 Å². The smallest absolute Gasteiger partial charge is 0.236 e. The van der Waals surface area contributed by atoms with E-state index in [1.807, 2.05) is 13.8 Å². The lowest BCUT2D eigenvalue weighted by molar-refractivity contribution is -0.124. The van der Waals surface area contributed by atoms with E-state index < -0.39 is 5.54 Å². The van der Waals surface area contributed by atoms with Crippen molar-refractivity contribution in [3.63, 3.8) is 0 Å². The molecule has 0 heterocycles. The van der Waals surface area contributed by atoms with Crippen LogP contribution in [0.5, 0.6) is 0 Å². The molecule has 0 aromatic heterocycles. The summed E-state index contributed by atoms with van der Waals surface area (Å²) in [4.78, 5) is 21.9. The van der Waals surface area contributed by atoms with Crippen LogP contribution in [0.3, 0.4) is 0 Å². The molecule has 0 aromatic carbocycles. The van der Waals surface area contributed by atoms with E-state index in [0.717, 1.165) is 0 Å². The molecule has 5 nitrogen and oxygen atoms in total. The third-order valence-corrected chi connectivity index (χ3v) is 1.86. The van der Waals surface area contributed by atoms with E-state index in [2.05, 4.69) is 10.6 Å². The Bertz CT molecular complexity index is 226. The van der Waals surface area contributed by atoms with Crippen LogP contribution in [0.1, 0.15) is 27.2 Å². The van der Waals surface area contributed by atoms with Crippen LogP contribution in [0.4, 0.5) is 0 Å². The van der Waals surface area contributed by atoms with Crippen molar-refractivity contribution in [2.24, 2.45) is 5.73 Å². The Morgan fingerprint density at radius 1 is 1.43 bits per heavy atom. The standard InChI is InChI=1S/C9H19N3O2/c1-6(8(14)11-4)12-9(2,3)5-7(10)13/h6,12H,5H2,1-4H3,(H2,10,13)(H,11,14). The number of carbonyl (C=O) groups is 2. The number of nitrogens with two attached hydrogens (primary N) is 1. The van der Waals surface area contributed by atoms with Gasteiger partial charge in [0.05, 0.1) is 6.04 Å². The molecule has 0 aliphatic rings. The molecule has 0 aromatic rings. The zero-order chi connectivity index (χ0) is 11.4. The van der Waals surface area contributed by atoms with Gasteiger partial charge in [-0.2, -0.15) is 0 Å². The van der Waals surface area contributed by atoms with Gasteiger partial charge in [0, 0.05) is 19.0 Å². The summed E-state index contributed by atoms with van der Waals surface area (Å²) in [6.45, 7) is 5.40. The van der Waals surface area contributed by atoms with Gasteiger partial charge in [-0.05, 0) is 20.8 Å². The minimum absolute atomic E-state index is 0.109. The number of nitrogens with one attached hydrogen (secondary N) is 2. The lowest BCUT2D eigenvalue weighted by Crippen LogP contribution is -2.52. The lowest BCUT2D eigenvalue weighted by atomic mass is 9.99. The van der Waals surface area contributed by atoms with E-state index in [0.29, 0.717) is 0 Å².